The van der Waals surface area contributed by atoms with Gasteiger partial charge in [-0.15, -0.1) is 0 Å². The number of aliphatic carboxylic acids is 2. The molecule has 4 aromatic carbocycles. The number of hydrogen-bond acceptors (Lipinski definition) is 8. The zero-order chi connectivity index (χ0) is 41.1. The van der Waals surface area contributed by atoms with Crippen LogP contribution in [-0.4, -0.2) is 88.0 Å². The first-order chi connectivity index (χ1) is 27.3. The molecule has 294 valence electrons. The summed E-state index contributed by atoms with van der Waals surface area (Å²) in [5.74, 6) is -3.71. The topological polar surface area (TPSA) is 209 Å². The average molecular weight is 793 g/mol. The Morgan fingerprint density at radius 3 is 1.46 bits per heavy atom. The molecule has 2 aromatic heterocycles. The van der Waals surface area contributed by atoms with Gasteiger partial charge in [-0.2, -0.15) is 10.2 Å². The highest BCUT2D eigenvalue weighted by Crippen LogP contribution is 2.23. The maximum Gasteiger partial charge on any atom is 0.334 e. The SMILES string of the molecule is Cc1nn(-c2ccc(C(=O)N[C@H](Cc3ccccc3)[C@@H](O)C(=O)O)cc2)c(C)c1Cl.O=C(N[C@H](Cc1ccccc1)[C@@H](O)C(=O)O)c1ccc(-n2cccn2)cc1. The summed E-state index contributed by atoms with van der Waals surface area (Å²) in [5.41, 5.74) is 5.36. The number of carboxylic acid groups (broad SMARTS) is 2. The Morgan fingerprint density at radius 1 is 0.649 bits per heavy atom. The van der Waals surface area contributed by atoms with Crippen LogP contribution in [0.4, 0.5) is 0 Å². The molecule has 6 N–H and O–H groups in total. The van der Waals surface area contributed by atoms with Crippen molar-refractivity contribution in [2.75, 3.05) is 0 Å². The number of aliphatic hydroxyl groups excluding tert-OH is 2. The first-order valence-corrected chi connectivity index (χ1v) is 18.1. The minimum absolute atomic E-state index is 0.183. The molecule has 0 fully saturated rings. The summed E-state index contributed by atoms with van der Waals surface area (Å²) in [6, 6.07) is 31.4. The lowest BCUT2D eigenvalue weighted by atomic mass is 10.0. The van der Waals surface area contributed by atoms with E-state index in [1.807, 2.05) is 74.5 Å². The molecule has 0 spiro atoms. The van der Waals surface area contributed by atoms with Crippen LogP contribution in [0.2, 0.25) is 5.02 Å². The van der Waals surface area contributed by atoms with Crippen LogP contribution in [0, 0.1) is 13.8 Å². The molecule has 6 aromatic rings. The molecule has 57 heavy (non-hydrogen) atoms. The van der Waals surface area contributed by atoms with Crippen LogP contribution < -0.4 is 10.6 Å². The van der Waals surface area contributed by atoms with E-state index in [1.165, 1.54) is 0 Å². The van der Waals surface area contributed by atoms with E-state index in [-0.39, 0.29) is 12.8 Å². The van der Waals surface area contributed by atoms with Gasteiger partial charge in [0, 0.05) is 23.5 Å². The van der Waals surface area contributed by atoms with E-state index in [1.54, 1.807) is 76.4 Å². The third-order valence-corrected chi connectivity index (χ3v) is 9.52. The lowest BCUT2D eigenvalue weighted by Gasteiger charge is -2.22. The molecular weight excluding hydrogens is 752 g/mol. The molecule has 2 heterocycles. The van der Waals surface area contributed by atoms with Crippen LogP contribution in [0.25, 0.3) is 11.4 Å². The van der Waals surface area contributed by atoms with E-state index in [4.69, 9.17) is 16.7 Å². The fourth-order valence-corrected chi connectivity index (χ4v) is 6.00. The Kier molecular flexibility index (Phi) is 14.1. The van der Waals surface area contributed by atoms with Crippen molar-refractivity contribution < 1.29 is 39.6 Å². The van der Waals surface area contributed by atoms with Gasteiger partial charge < -0.3 is 31.1 Å². The largest absolute Gasteiger partial charge is 0.479 e. The number of aromatic nitrogens is 4. The highest BCUT2D eigenvalue weighted by molar-refractivity contribution is 6.31. The van der Waals surface area contributed by atoms with Crippen LogP contribution in [0.3, 0.4) is 0 Å². The molecule has 15 heteroatoms. The van der Waals surface area contributed by atoms with Gasteiger partial charge in [-0.3, -0.25) is 9.59 Å². The Balaban J connectivity index is 0.000000219. The van der Waals surface area contributed by atoms with Crippen molar-refractivity contribution in [3.05, 3.63) is 166 Å². The molecule has 0 aliphatic carbocycles. The van der Waals surface area contributed by atoms with Crippen LogP contribution in [0.5, 0.6) is 0 Å². The molecular formula is C42H41ClN6O8. The number of amides is 2. The normalized spacial score (nSPS) is 12.9. The number of nitrogens with zero attached hydrogens (tertiary/aromatic N) is 4. The third-order valence-electron chi connectivity index (χ3n) is 8.97. The summed E-state index contributed by atoms with van der Waals surface area (Å²) >= 11 is 6.19. The van der Waals surface area contributed by atoms with Gasteiger partial charge in [0.2, 0.25) is 0 Å². The molecule has 2 amide bonds. The van der Waals surface area contributed by atoms with E-state index in [2.05, 4.69) is 20.8 Å². The second-order valence-electron chi connectivity index (χ2n) is 13.0. The fraction of sp³-hybridized carbons (Fsp3) is 0.190. The van der Waals surface area contributed by atoms with Gasteiger partial charge in [0.05, 0.1) is 39.9 Å². The van der Waals surface area contributed by atoms with Gasteiger partial charge in [-0.05, 0) is 92.4 Å². The minimum atomic E-state index is -1.73. The first kappa shape index (κ1) is 41.6. The second kappa shape index (κ2) is 19.3. The molecule has 6 rings (SSSR count). The molecule has 4 atom stereocenters. The van der Waals surface area contributed by atoms with E-state index in [9.17, 15) is 34.5 Å². The maximum atomic E-state index is 12.7. The standard InChI is InChI=1S/C22H22ClN3O4.C20H19N3O4/c1-13-19(23)14(2)26(25-13)17-10-8-16(9-11-17)21(28)24-18(20(27)22(29)30)12-15-6-4-3-5-7-15;24-18(20(26)27)17(13-14-5-2-1-3-6-14)22-19(25)15-7-9-16(10-8-15)23-12-4-11-21-23/h3-11,18,20,27H,12H2,1-2H3,(H,24,28)(H,29,30);1-12,17-18,24H,13H2,(H,22,25)(H,26,27)/t18-,20-;17-,18-/m11/s1. The zero-order valence-corrected chi connectivity index (χ0v) is 31.7. The highest BCUT2D eigenvalue weighted by Gasteiger charge is 2.29. The number of hydrogen-bond donors (Lipinski definition) is 6. The third kappa shape index (κ3) is 11.0. The van der Waals surface area contributed by atoms with Crippen molar-refractivity contribution in [1.82, 2.24) is 30.2 Å². The van der Waals surface area contributed by atoms with Gasteiger partial charge in [0.1, 0.15) is 0 Å². The molecule has 0 unspecified atom stereocenters. The predicted octanol–water partition coefficient (Wildman–Crippen LogP) is 4.59. The summed E-state index contributed by atoms with van der Waals surface area (Å²) in [6.45, 7) is 3.67. The van der Waals surface area contributed by atoms with Crippen LogP contribution in [-0.2, 0) is 22.4 Å². The number of aliphatic hydroxyl groups is 2. The maximum absolute atomic E-state index is 12.7. The first-order valence-electron chi connectivity index (χ1n) is 17.8. The van der Waals surface area contributed by atoms with Gasteiger partial charge in [0.25, 0.3) is 11.8 Å². The smallest absolute Gasteiger partial charge is 0.334 e. The van der Waals surface area contributed by atoms with Crippen molar-refractivity contribution in [2.45, 2.75) is 51.0 Å². The number of nitrogens with one attached hydrogen (secondary N) is 2. The number of aryl methyl sites for hydroxylation is 1. The van der Waals surface area contributed by atoms with Crippen molar-refractivity contribution >= 4 is 35.4 Å². The predicted molar refractivity (Wildman–Crippen MR) is 212 cm³/mol. The summed E-state index contributed by atoms with van der Waals surface area (Å²) < 4.78 is 3.35. The van der Waals surface area contributed by atoms with Gasteiger partial charge in [-0.1, -0.05) is 72.3 Å². The Hall–Kier alpha value is -6.61. The zero-order valence-electron chi connectivity index (χ0n) is 30.9. The minimum Gasteiger partial charge on any atom is -0.479 e. The number of carbonyl (C=O) groups is 4. The van der Waals surface area contributed by atoms with Crippen molar-refractivity contribution in [2.24, 2.45) is 0 Å². The molecule has 0 saturated heterocycles. The van der Waals surface area contributed by atoms with Gasteiger partial charge in [-0.25, -0.2) is 19.0 Å². The van der Waals surface area contributed by atoms with Crippen molar-refractivity contribution in [3.8, 4) is 11.4 Å². The van der Waals surface area contributed by atoms with E-state index < -0.39 is 48.0 Å². The Labute approximate surface area is 333 Å². The number of carbonyl (C=O) groups excluding carboxylic acids is 2. The summed E-state index contributed by atoms with van der Waals surface area (Å²) in [6.07, 6.45) is 0.382. The summed E-state index contributed by atoms with van der Waals surface area (Å²) in [7, 11) is 0. The fourth-order valence-electron chi connectivity index (χ4n) is 5.88. The monoisotopic (exact) mass is 792 g/mol. The van der Waals surface area contributed by atoms with Gasteiger partial charge in [0.15, 0.2) is 12.2 Å². The molecule has 0 aliphatic heterocycles. The summed E-state index contributed by atoms with van der Waals surface area (Å²) in [5, 5.41) is 52.7. The lowest BCUT2D eigenvalue weighted by Crippen LogP contribution is -2.48. The number of halogens is 1. The van der Waals surface area contributed by atoms with Gasteiger partial charge >= 0.3 is 11.9 Å². The molecule has 14 nitrogen and oxygen atoms in total. The van der Waals surface area contributed by atoms with Crippen LogP contribution in [0.1, 0.15) is 43.2 Å². The molecule has 0 radical (unpaired) electrons. The second-order valence-corrected chi connectivity index (χ2v) is 13.4. The Morgan fingerprint density at radius 2 is 1.09 bits per heavy atom. The van der Waals surface area contributed by atoms with Crippen molar-refractivity contribution in [1.29, 1.82) is 0 Å². The molecule has 0 bridgehead atoms. The van der Waals surface area contributed by atoms with Crippen molar-refractivity contribution in [3.63, 3.8) is 0 Å². The average Bonchev–Trinajstić information content (AvgIpc) is 3.86. The summed E-state index contributed by atoms with van der Waals surface area (Å²) in [4.78, 5) is 47.7. The quantitative estimate of drug-likeness (QED) is 0.0904. The van der Waals surface area contributed by atoms with E-state index in [0.29, 0.717) is 21.8 Å². The van der Waals surface area contributed by atoms with E-state index >= 15 is 0 Å². The number of carboxylic acids is 2. The molecule has 0 saturated carbocycles. The highest BCUT2D eigenvalue weighted by atomic mass is 35.5. The van der Waals surface area contributed by atoms with E-state index in [0.717, 1.165) is 28.2 Å². The Bertz CT molecular complexity index is 2270. The van der Waals surface area contributed by atoms with Crippen LogP contribution in [0.15, 0.2) is 128 Å². The lowest BCUT2D eigenvalue weighted by molar-refractivity contribution is -0.148. The molecule has 0 aliphatic rings. The number of benzene rings is 4. The van der Waals surface area contributed by atoms with Crippen LogP contribution >= 0.6 is 11.6 Å². The number of rotatable bonds is 14.